The van der Waals surface area contributed by atoms with Gasteiger partial charge in [0, 0.05) is 5.69 Å². The normalized spacial score (nSPS) is 11.0. The van der Waals surface area contributed by atoms with Gasteiger partial charge in [0.25, 0.3) is 5.91 Å². The largest absolute Gasteiger partial charge is 0.488 e. The summed E-state index contributed by atoms with van der Waals surface area (Å²) in [6.07, 6.45) is 1.59. The Morgan fingerprint density at radius 1 is 1.06 bits per heavy atom. The lowest BCUT2D eigenvalue weighted by Crippen LogP contribution is -2.14. The third-order valence-electron chi connectivity index (χ3n) is 4.75. The summed E-state index contributed by atoms with van der Waals surface area (Å²) in [4.78, 5) is 12.6. The van der Waals surface area contributed by atoms with Gasteiger partial charge in [-0.05, 0) is 89.9 Å². The standard InChI is InChI=1S/C26H23IN2O2/c1-17-5-4-6-21(11-17)16-31-25-10-9-20(14-23(25)27)13-22(15-28)26(30)29-24-12-18(2)7-8-19(24)3/h4-14H,16H2,1-3H3,(H,29,30)/b22-13+. The summed E-state index contributed by atoms with van der Waals surface area (Å²) in [5.74, 6) is 0.337. The molecule has 0 saturated carbocycles. The molecule has 0 radical (unpaired) electrons. The smallest absolute Gasteiger partial charge is 0.266 e. The Morgan fingerprint density at radius 2 is 1.84 bits per heavy atom. The van der Waals surface area contributed by atoms with Gasteiger partial charge >= 0.3 is 0 Å². The Kier molecular flexibility index (Phi) is 7.48. The Bertz CT molecular complexity index is 1190. The first-order valence-electron chi connectivity index (χ1n) is 9.84. The van der Waals surface area contributed by atoms with E-state index in [-0.39, 0.29) is 5.57 Å². The van der Waals surface area contributed by atoms with Crippen LogP contribution in [0.15, 0.2) is 66.2 Å². The number of amides is 1. The van der Waals surface area contributed by atoms with Crippen molar-refractivity contribution in [1.29, 1.82) is 5.26 Å². The van der Waals surface area contributed by atoms with Crippen molar-refractivity contribution in [3.8, 4) is 11.8 Å². The third-order valence-corrected chi connectivity index (χ3v) is 5.59. The van der Waals surface area contributed by atoms with Crippen LogP contribution in [0.1, 0.15) is 27.8 Å². The summed E-state index contributed by atoms with van der Waals surface area (Å²) in [5.41, 5.74) is 5.81. The minimum atomic E-state index is -0.425. The number of hydrogen-bond acceptors (Lipinski definition) is 3. The molecule has 0 bridgehead atoms. The number of carbonyl (C=O) groups excluding carboxylic acids is 1. The number of ether oxygens (including phenoxy) is 1. The fraction of sp³-hybridized carbons (Fsp3) is 0.154. The number of nitrogens with zero attached hydrogens (tertiary/aromatic N) is 1. The first kappa shape index (κ1) is 22.6. The highest BCUT2D eigenvalue weighted by Crippen LogP contribution is 2.25. The molecule has 0 aliphatic rings. The van der Waals surface area contributed by atoms with E-state index in [9.17, 15) is 10.1 Å². The van der Waals surface area contributed by atoms with Crippen LogP contribution in [0.2, 0.25) is 0 Å². The van der Waals surface area contributed by atoms with E-state index < -0.39 is 5.91 Å². The highest BCUT2D eigenvalue weighted by Gasteiger charge is 2.12. The van der Waals surface area contributed by atoms with E-state index in [0.717, 1.165) is 31.6 Å². The summed E-state index contributed by atoms with van der Waals surface area (Å²) in [6, 6.07) is 21.6. The van der Waals surface area contributed by atoms with Crippen molar-refractivity contribution in [2.45, 2.75) is 27.4 Å². The van der Waals surface area contributed by atoms with E-state index in [1.807, 2.05) is 68.4 Å². The molecular weight excluding hydrogens is 499 g/mol. The number of carbonyl (C=O) groups is 1. The summed E-state index contributed by atoms with van der Waals surface area (Å²) in [5, 5.41) is 12.3. The monoisotopic (exact) mass is 522 g/mol. The number of anilines is 1. The lowest BCUT2D eigenvalue weighted by Gasteiger charge is -2.10. The molecule has 31 heavy (non-hydrogen) atoms. The molecule has 5 heteroatoms. The summed E-state index contributed by atoms with van der Waals surface area (Å²) >= 11 is 2.20. The zero-order valence-corrected chi connectivity index (χ0v) is 19.9. The number of nitriles is 1. The second-order valence-corrected chi connectivity index (χ2v) is 8.57. The van der Waals surface area contributed by atoms with Gasteiger partial charge in [0.15, 0.2) is 0 Å². The molecule has 0 unspecified atom stereocenters. The predicted octanol–water partition coefficient (Wildman–Crippen LogP) is 6.34. The quantitative estimate of drug-likeness (QED) is 0.234. The SMILES string of the molecule is Cc1cccc(COc2ccc(/C=C(\C#N)C(=O)Nc3cc(C)ccc3C)cc2I)c1. The number of aryl methyl sites for hydroxylation is 3. The van der Waals surface area contributed by atoms with Crippen LogP contribution >= 0.6 is 22.6 Å². The second-order valence-electron chi connectivity index (χ2n) is 7.41. The van der Waals surface area contributed by atoms with Crippen LogP contribution < -0.4 is 10.1 Å². The van der Waals surface area contributed by atoms with E-state index in [2.05, 4.69) is 47.0 Å². The molecule has 1 N–H and O–H groups in total. The lowest BCUT2D eigenvalue weighted by molar-refractivity contribution is -0.112. The first-order chi connectivity index (χ1) is 14.9. The van der Waals surface area contributed by atoms with E-state index in [1.165, 1.54) is 5.56 Å². The van der Waals surface area contributed by atoms with Gasteiger partial charge < -0.3 is 10.1 Å². The van der Waals surface area contributed by atoms with Gasteiger partial charge in [-0.2, -0.15) is 5.26 Å². The molecule has 0 fully saturated rings. The number of halogens is 1. The van der Waals surface area contributed by atoms with Crippen LogP contribution in [-0.2, 0) is 11.4 Å². The van der Waals surface area contributed by atoms with Gasteiger partial charge in [0.05, 0.1) is 3.57 Å². The van der Waals surface area contributed by atoms with Crippen LogP contribution in [-0.4, -0.2) is 5.91 Å². The fourth-order valence-electron chi connectivity index (χ4n) is 3.06. The van der Waals surface area contributed by atoms with Crippen molar-refractivity contribution in [2.75, 3.05) is 5.32 Å². The maximum Gasteiger partial charge on any atom is 0.266 e. The van der Waals surface area contributed by atoms with Crippen molar-refractivity contribution in [2.24, 2.45) is 0 Å². The average molecular weight is 522 g/mol. The zero-order valence-electron chi connectivity index (χ0n) is 17.7. The summed E-state index contributed by atoms with van der Waals surface area (Å²) in [7, 11) is 0. The van der Waals surface area contributed by atoms with Crippen molar-refractivity contribution >= 4 is 40.3 Å². The molecule has 0 spiro atoms. The second kappa shape index (κ2) is 10.3. The number of rotatable bonds is 6. The highest BCUT2D eigenvalue weighted by molar-refractivity contribution is 14.1. The van der Waals surface area contributed by atoms with Gasteiger partial charge in [0.2, 0.25) is 0 Å². The number of hydrogen-bond donors (Lipinski definition) is 1. The number of benzene rings is 3. The fourth-order valence-corrected chi connectivity index (χ4v) is 3.76. The van der Waals surface area contributed by atoms with Gasteiger partial charge in [-0.3, -0.25) is 4.79 Å². The average Bonchev–Trinajstić information content (AvgIpc) is 2.74. The lowest BCUT2D eigenvalue weighted by atomic mass is 10.1. The minimum absolute atomic E-state index is 0.0464. The van der Waals surface area contributed by atoms with E-state index in [4.69, 9.17) is 4.74 Å². The van der Waals surface area contributed by atoms with Crippen LogP contribution in [0, 0.1) is 35.7 Å². The van der Waals surface area contributed by atoms with Gasteiger partial charge in [-0.15, -0.1) is 0 Å². The molecule has 156 valence electrons. The molecule has 0 atom stereocenters. The van der Waals surface area contributed by atoms with E-state index >= 15 is 0 Å². The maximum atomic E-state index is 12.6. The molecule has 3 aromatic rings. The number of nitrogens with one attached hydrogen (secondary N) is 1. The summed E-state index contributed by atoms with van der Waals surface area (Å²) < 4.78 is 6.85. The van der Waals surface area contributed by atoms with E-state index in [1.54, 1.807) is 6.08 Å². The van der Waals surface area contributed by atoms with Crippen LogP contribution in [0.5, 0.6) is 5.75 Å². The van der Waals surface area contributed by atoms with Crippen molar-refractivity contribution in [1.82, 2.24) is 0 Å². The molecule has 0 heterocycles. The minimum Gasteiger partial charge on any atom is -0.488 e. The Hall–Kier alpha value is -3.11. The maximum absolute atomic E-state index is 12.6. The molecule has 0 aliphatic heterocycles. The van der Waals surface area contributed by atoms with Crippen LogP contribution in [0.3, 0.4) is 0 Å². The molecule has 0 aliphatic carbocycles. The Morgan fingerprint density at radius 3 is 2.55 bits per heavy atom. The molecular formula is C26H23IN2O2. The van der Waals surface area contributed by atoms with Crippen molar-refractivity contribution in [3.05, 3.63) is 97.6 Å². The molecule has 0 aromatic heterocycles. The van der Waals surface area contributed by atoms with Gasteiger partial charge in [0.1, 0.15) is 24.0 Å². The predicted molar refractivity (Wildman–Crippen MR) is 133 cm³/mol. The summed E-state index contributed by atoms with van der Waals surface area (Å²) in [6.45, 7) is 6.41. The van der Waals surface area contributed by atoms with Gasteiger partial charge in [-0.25, -0.2) is 0 Å². The molecule has 3 rings (SSSR count). The van der Waals surface area contributed by atoms with Crippen LogP contribution in [0.25, 0.3) is 6.08 Å². The first-order valence-corrected chi connectivity index (χ1v) is 10.9. The third kappa shape index (κ3) is 6.19. The Balaban J connectivity index is 1.73. The molecule has 4 nitrogen and oxygen atoms in total. The zero-order chi connectivity index (χ0) is 22.4. The molecule has 0 saturated heterocycles. The van der Waals surface area contributed by atoms with Gasteiger partial charge in [-0.1, -0.05) is 48.0 Å². The molecule has 1 amide bonds. The van der Waals surface area contributed by atoms with E-state index in [0.29, 0.717) is 12.3 Å². The van der Waals surface area contributed by atoms with Crippen LogP contribution in [0.4, 0.5) is 5.69 Å². The van der Waals surface area contributed by atoms with Crippen molar-refractivity contribution < 1.29 is 9.53 Å². The highest BCUT2D eigenvalue weighted by atomic mass is 127. The Labute approximate surface area is 196 Å². The molecule has 3 aromatic carbocycles. The van der Waals surface area contributed by atoms with Crippen molar-refractivity contribution in [3.63, 3.8) is 0 Å². The topological polar surface area (TPSA) is 62.1 Å².